The zero-order valence-electron chi connectivity index (χ0n) is 13.7. The van der Waals surface area contributed by atoms with Gasteiger partial charge >= 0.3 is 6.01 Å². The minimum atomic E-state index is -0.351. The van der Waals surface area contributed by atoms with Crippen LogP contribution in [0, 0.1) is 5.82 Å². The van der Waals surface area contributed by atoms with Crippen molar-refractivity contribution in [3.63, 3.8) is 0 Å². The molecule has 0 radical (unpaired) electrons. The molecule has 1 heterocycles. The third-order valence-electron chi connectivity index (χ3n) is 3.22. The average molecular weight is 357 g/mol. The second kappa shape index (κ2) is 7.48. The smallest absolute Gasteiger partial charge is 0.322 e. The van der Waals surface area contributed by atoms with Crippen molar-refractivity contribution in [3.8, 4) is 11.5 Å². The van der Waals surface area contributed by atoms with E-state index in [-0.39, 0.29) is 23.6 Å². The largest absolute Gasteiger partial charge is 0.403 e. The topological polar surface area (TPSA) is 68.0 Å². The Morgan fingerprint density at radius 1 is 1.08 bits per heavy atom. The maximum absolute atomic E-state index is 12.9. The van der Waals surface area contributed by atoms with Crippen LogP contribution >= 0.6 is 11.8 Å². The summed E-state index contributed by atoms with van der Waals surface area (Å²) in [7, 11) is 0. The summed E-state index contributed by atoms with van der Waals surface area (Å²) in [5, 5.41) is 10.7. The molecule has 0 atom stereocenters. The van der Waals surface area contributed by atoms with Crippen LogP contribution in [0.25, 0.3) is 11.5 Å². The van der Waals surface area contributed by atoms with Gasteiger partial charge in [0.05, 0.1) is 0 Å². The molecule has 0 aliphatic rings. The molecule has 0 saturated carbocycles. The zero-order chi connectivity index (χ0) is 17.8. The lowest BCUT2D eigenvalue weighted by atomic mass is 10.2. The molecule has 0 spiro atoms. The van der Waals surface area contributed by atoms with Crippen molar-refractivity contribution in [3.05, 3.63) is 59.9 Å². The van der Waals surface area contributed by atoms with Crippen LogP contribution in [0.5, 0.6) is 0 Å². The summed E-state index contributed by atoms with van der Waals surface area (Å²) in [6, 6.07) is 12.9. The van der Waals surface area contributed by atoms with Crippen LogP contribution < -0.4 is 5.32 Å². The van der Waals surface area contributed by atoms with Crippen LogP contribution in [0.1, 0.15) is 24.2 Å². The molecule has 1 aromatic heterocycles. The van der Waals surface area contributed by atoms with E-state index in [1.54, 1.807) is 23.9 Å². The molecule has 2 aromatic carbocycles. The minimum absolute atomic E-state index is 0.00930. The number of nitrogens with one attached hydrogen (secondary N) is 1. The fourth-order valence-corrected chi connectivity index (χ4v) is 2.95. The van der Waals surface area contributed by atoms with Crippen LogP contribution in [0.15, 0.2) is 57.8 Å². The fourth-order valence-electron chi connectivity index (χ4n) is 2.11. The quantitative estimate of drug-likeness (QED) is 0.674. The third-order valence-corrected chi connectivity index (χ3v) is 4.24. The van der Waals surface area contributed by atoms with Crippen LogP contribution in [0.4, 0.5) is 10.4 Å². The Kier molecular flexibility index (Phi) is 5.14. The van der Waals surface area contributed by atoms with Crippen molar-refractivity contribution in [1.29, 1.82) is 0 Å². The first-order valence-electron chi connectivity index (χ1n) is 7.69. The number of carbonyl (C=O) groups excluding carboxylic acids is 1. The number of rotatable bonds is 5. The summed E-state index contributed by atoms with van der Waals surface area (Å²) in [6.45, 7) is 4.22. The van der Waals surface area contributed by atoms with Crippen molar-refractivity contribution in [1.82, 2.24) is 10.2 Å². The molecule has 0 saturated heterocycles. The van der Waals surface area contributed by atoms with E-state index >= 15 is 0 Å². The van der Waals surface area contributed by atoms with Crippen LogP contribution in [-0.4, -0.2) is 21.4 Å². The van der Waals surface area contributed by atoms with Gasteiger partial charge < -0.3 is 4.42 Å². The van der Waals surface area contributed by atoms with Gasteiger partial charge in [0, 0.05) is 21.3 Å². The van der Waals surface area contributed by atoms with Crippen molar-refractivity contribution in [2.45, 2.75) is 24.0 Å². The Morgan fingerprint density at radius 2 is 1.76 bits per heavy atom. The monoisotopic (exact) mass is 357 g/mol. The summed E-state index contributed by atoms with van der Waals surface area (Å²) in [6.07, 6.45) is 0. The number of anilines is 1. The van der Waals surface area contributed by atoms with Crippen LogP contribution in [0.3, 0.4) is 0 Å². The third kappa shape index (κ3) is 4.45. The molecule has 0 bridgehead atoms. The predicted molar refractivity (Wildman–Crippen MR) is 95.1 cm³/mol. The number of amides is 1. The van der Waals surface area contributed by atoms with E-state index in [9.17, 15) is 9.18 Å². The highest BCUT2D eigenvalue weighted by Crippen LogP contribution is 2.23. The van der Waals surface area contributed by atoms with Crippen LogP contribution in [0.2, 0.25) is 0 Å². The standard InChI is InChI=1S/C18H16FN3O2S/c1-11(2)25-15-9-5-12(6-10-15)16(23)20-18-22-21-17(24-18)13-3-7-14(19)8-4-13/h3-11H,1-2H3,(H,20,22,23). The lowest BCUT2D eigenvalue weighted by Gasteiger charge is -2.05. The number of halogens is 1. The summed E-state index contributed by atoms with van der Waals surface area (Å²) < 4.78 is 18.3. The molecule has 0 aliphatic heterocycles. The molecule has 1 amide bonds. The number of thioether (sulfide) groups is 1. The molecule has 5 nitrogen and oxygen atoms in total. The SMILES string of the molecule is CC(C)Sc1ccc(C(=O)Nc2nnc(-c3ccc(F)cc3)o2)cc1. The van der Waals surface area contributed by atoms with E-state index in [2.05, 4.69) is 29.4 Å². The highest BCUT2D eigenvalue weighted by molar-refractivity contribution is 7.99. The Bertz CT molecular complexity index is 861. The predicted octanol–water partition coefficient (Wildman–Crippen LogP) is 4.63. The normalized spacial score (nSPS) is 10.9. The van der Waals surface area contributed by atoms with E-state index in [1.807, 2.05) is 12.1 Å². The van der Waals surface area contributed by atoms with Gasteiger partial charge in [0.15, 0.2) is 0 Å². The highest BCUT2D eigenvalue weighted by atomic mass is 32.2. The van der Waals surface area contributed by atoms with Crippen molar-refractivity contribution in [2.24, 2.45) is 0 Å². The first-order chi connectivity index (χ1) is 12.0. The summed E-state index contributed by atoms with van der Waals surface area (Å²) in [4.78, 5) is 13.3. The van der Waals surface area contributed by atoms with Gasteiger partial charge in [0.25, 0.3) is 5.91 Å². The van der Waals surface area contributed by atoms with Crippen molar-refractivity contribution >= 4 is 23.7 Å². The van der Waals surface area contributed by atoms with Gasteiger partial charge in [0.2, 0.25) is 5.89 Å². The molecule has 3 aromatic rings. The van der Waals surface area contributed by atoms with E-state index in [0.29, 0.717) is 16.4 Å². The van der Waals surface area contributed by atoms with E-state index in [1.165, 1.54) is 24.3 Å². The first kappa shape index (κ1) is 17.2. The van der Waals surface area contributed by atoms with Gasteiger partial charge in [0.1, 0.15) is 5.82 Å². The van der Waals surface area contributed by atoms with Crippen molar-refractivity contribution in [2.75, 3.05) is 5.32 Å². The molecule has 3 rings (SSSR count). The Labute approximate surface area is 148 Å². The molecule has 0 aliphatic carbocycles. The molecule has 1 N–H and O–H groups in total. The number of carbonyl (C=O) groups is 1. The van der Waals surface area contributed by atoms with Gasteiger partial charge in [-0.2, -0.15) is 0 Å². The Hall–Kier alpha value is -2.67. The Morgan fingerprint density at radius 3 is 2.40 bits per heavy atom. The average Bonchev–Trinajstić information content (AvgIpc) is 3.04. The van der Waals surface area contributed by atoms with Gasteiger partial charge in [-0.05, 0) is 48.5 Å². The second-order valence-electron chi connectivity index (χ2n) is 5.56. The molecule has 128 valence electrons. The number of benzene rings is 2. The van der Waals surface area contributed by atoms with Gasteiger partial charge in [-0.25, -0.2) is 4.39 Å². The summed E-state index contributed by atoms with van der Waals surface area (Å²) in [5.41, 5.74) is 1.07. The molecular formula is C18H16FN3O2S. The lowest BCUT2D eigenvalue weighted by molar-refractivity contribution is 0.102. The maximum Gasteiger partial charge on any atom is 0.322 e. The number of aromatic nitrogens is 2. The Balaban J connectivity index is 1.68. The summed E-state index contributed by atoms with van der Waals surface area (Å²) in [5.74, 6) is -0.481. The van der Waals surface area contributed by atoms with Gasteiger partial charge in [-0.3, -0.25) is 10.1 Å². The van der Waals surface area contributed by atoms with Crippen molar-refractivity contribution < 1.29 is 13.6 Å². The van der Waals surface area contributed by atoms with Gasteiger partial charge in [-0.1, -0.05) is 18.9 Å². The fraction of sp³-hybridized carbons (Fsp3) is 0.167. The minimum Gasteiger partial charge on any atom is -0.403 e. The van der Waals surface area contributed by atoms with E-state index in [4.69, 9.17) is 4.42 Å². The molecule has 25 heavy (non-hydrogen) atoms. The number of nitrogens with zero attached hydrogens (tertiary/aromatic N) is 2. The second-order valence-corrected chi connectivity index (χ2v) is 7.21. The van der Waals surface area contributed by atoms with Gasteiger partial charge in [-0.15, -0.1) is 16.9 Å². The molecule has 0 unspecified atom stereocenters. The number of hydrogen-bond acceptors (Lipinski definition) is 5. The zero-order valence-corrected chi connectivity index (χ0v) is 14.5. The first-order valence-corrected chi connectivity index (χ1v) is 8.57. The summed E-state index contributed by atoms with van der Waals surface area (Å²) >= 11 is 1.73. The van der Waals surface area contributed by atoms with E-state index < -0.39 is 0 Å². The number of hydrogen-bond donors (Lipinski definition) is 1. The molecule has 7 heteroatoms. The highest BCUT2D eigenvalue weighted by Gasteiger charge is 2.13. The maximum atomic E-state index is 12.9. The molecule has 0 fully saturated rings. The van der Waals surface area contributed by atoms with Crippen LogP contribution in [-0.2, 0) is 0 Å². The van der Waals surface area contributed by atoms with E-state index in [0.717, 1.165) is 4.90 Å². The molecular weight excluding hydrogens is 341 g/mol. The lowest BCUT2D eigenvalue weighted by Crippen LogP contribution is -2.11.